The van der Waals surface area contributed by atoms with Crippen LogP contribution in [0.4, 0.5) is 0 Å². The second kappa shape index (κ2) is 2.25. The lowest BCUT2D eigenvalue weighted by Gasteiger charge is -1.91. The van der Waals surface area contributed by atoms with E-state index in [0.717, 1.165) is 11.3 Å². The molecule has 0 unspecified atom stereocenters. The maximum absolute atomic E-state index is 10.8. The van der Waals surface area contributed by atoms with E-state index in [9.17, 15) is 4.79 Å². The van der Waals surface area contributed by atoms with Crippen molar-refractivity contribution >= 4 is 5.97 Å². The minimum atomic E-state index is -0.982. The van der Waals surface area contributed by atoms with Crippen LogP contribution in [-0.4, -0.2) is 21.3 Å². The lowest BCUT2D eigenvalue weighted by atomic mass is 10.2. The third kappa shape index (κ3) is 0.736. The molecule has 5 nitrogen and oxygen atoms in total. The Kier molecular flexibility index (Phi) is 1.19. The first-order valence-corrected chi connectivity index (χ1v) is 4.14. The summed E-state index contributed by atoms with van der Waals surface area (Å²) in [5.74, 6) is -0.192. The maximum atomic E-state index is 10.8. The van der Waals surface area contributed by atoms with Crippen molar-refractivity contribution < 1.29 is 14.3 Å². The van der Waals surface area contributed by atoms with Crippen LogP contribution in [0.1, 0.15) is 21.8 Å². The number of hydrogen-bond donors (Lipinski definition) is 2. The van der Waals surface area contributed by atoms with E-state index in [1.165, 1.54) is 0 Å². The highest BCUT2D eigenvalue weighted by Crippen LogP contribution is 2.37. The molecule has 0 fully saturated rings. The van der Waals surface area contributed by atoms with Crippen LogP contribution in [0.2, 0.25) is 0 Å². The summed E-state index contributed by atoms with van der Waals surface area (Å²) in [5.41, 5.74) is 2.47. The van der Waals surface area contributed by atoms with Gasteiger partial charge in [-0.3, -0.25) is 5.10 Å². The van der Waals surface area contributed by atoms with Crippen molar-refractivity contribution in [2.75, 3.05) is 0 Å². The van der Waals surface area contributed by atoms with Crippen LogP contribution >= 0.6 is 0 Å². The van der Waals surface area contributed by atoms with Gasteiger partial charge in [0.15, 0.2) is 0 Å². The number of aromatic amines is 1. The molecule has 14 heavy (non-hydrogen) atoms. The van der Waals surface area contributed by atoms with Crippen LogP contribution in [0, 0.1) is 0 Å². The molecule has 0 bridgehead atoms. The number of fused-ring (bicyclic) bond motifs is 3. The van der Waals surface area contributed by atoms with Gasteiger partial charge in [-0.05, 0) is 6.07 Å². The van der Waals surface area contributed by atoms with Crippen molar-refractivity contribution in [1.82, 2.24) is 10.2 Å². The second-order valence-electron chi connectivity index (χ2n) is 3.17. The number of hydrogen-bond acceptors (Lipinski definition) is 3. The van der Waals surface area contributed by atoms with Gasteiger partial charge < -0.3 is 9.52 Å². The molecule has 1 aliphatic carbocycles. The highest BCUT2D eigenvalue weighted by Gasteiger charge is 2.29. The molecule has 2 heterocycles. The van der Waals surface area contributed by atoms with Gasteiger partial charge in [0.1, 0.15) is 17.1 Å². The molecule has 0 spiro atoms. The summed E-state index contributed by atoms with van der Waals surface area (Å²) in [6.45, 7) is 0. The first-order chi connectivity index (χ1) is 6.77. The highest BCUT2D eigenvalue weighted by atomic mass is 16.4. The van der Waals surface area contributed by atoms with E-state index in [4.69, 9.17) is 9.52 Å². The van der Waals surface area contributed by atoms with E-state index in [2.05, 4.69) is 10.2 Å². The zero-order valence-electron chi connectivity index (χ0n) is 7.07. The third-order valence-electron chi connectivity index (χ3n) is 2.42. The molecular weight excluding hydrogens is 184 g/mol. The van der Waals surface area contributed by atoms with Crippen LogP contribution in [0.15, 0.2) is 16.7 Å². The number of furan rings is 1. The van der Waals surface area contributed by atoms with Gasteiger partial charge in [-0.2, -0.15) is 5.10 Å². The van der Waals surface area contributed by atoms with Crippen molar-refractivity contribution in [2.24, 2.45) is 0 Å². The fourth-order valence-corrected chi connectivity index (χ4v) is 1.79. The molecule has 0 saturated carbocycles. The van der Waals surface area contributed by atoms with Crippen LogP contribution < -0.4 is 0 Å². The van der Waals surface area contributed by atoms with E-state index in [1.807, 2.05) is 0 Å². The Morgan fingerprint density at radius 1 is 1.64 bits per heavy atom. The molecule has 0 saturated heterocycles. The van der Waals surface area contributed by atoms with Gasteiger partial charge in [-0.15, -0.1) is 0 Å². The lowest BCUT2D eigenvalue weighted by molar-refractivity contribution is 0.0689. The monoisotopic (exact) mass is 190 g/mol. The van der Waals surface area contributed by atoms with Gasteiger partial charge in [0.2, 0.25) is 0 Å². The highest BCUT2D eigenvalue weighted by molar-refractivity contribution is 5.91. The van der Waals surface area contributed by atoms with Gasteiger partial charge in [0.25, 0.3) is 0 Å². The van der Waals surface area contributed by atoms with Crippen LogP contribution in [0.5, 0.6) is 0 Å². The Morgan fingerprint density at radius 3 is 3.29 bits per heavy atom. The second-order valence-corrected chi connectivity index (χ2v) is 3.17. The van der Waals surface area contributed by atoms with Gasteiger partial charge in [-0.25, -0.2) is 4.79 Å². The minimum Gasteiger partial charge on any atom is -0.477 e. The Balaban J connectivity index is 2.24. The molecule has 0 radical (unpaired) electrons. The number of aromatic carboxylic acids is 1. The van der Waals surface area contributed by atoms with Gasteiger partial charge in [0, 0.05) is 17.5 Å². The molecule has 2 aromatic heterocycles. The standard InChI is InChI=1S/C9H6N2O3/c12-9(13)8-5-3-6-4(1-2-14-6)7(5)10-11-8/h1-2H,3H2,(H,10,11)(H,12,13). The number of rotatable bonds is 1. The van der Waals surface area contributed by atoms with Crippen molar-refractivity contribution in [3.05, 3.63) is 29.3 Å². The fourth-order valence-electron chi connectivity index (χ4n) is 1.79. The number of carboxylic acid groups (broad SMARTS) is 1. The van der Waals surface area contributed by atoms with Crippen molar-refractivity contribution in [3.63, 3.8) is 0 Å². The zero-order valence-corrected chi connectivity index (χ0v) is 7.07. The summed E-state index contributed by atoms with van der Waals surface area (Å²) >= 11 is 0. The van der Waals surface area contributed by atoms with Crippen molar-refractivity contribution in [3.8, 4) is 11.3 Å². The molecule has 2 aromatic rings. The van der Waals surface area contributed by atoms with Crippen LogP contribution in [0.25, 0.3) is 11.3 Å². The first-order valence-electron chi connectivity index (χ1n) is 4.14. The quantitative estimate of drug-likeness (QED) is 0.605. The topological polar surface area (TPSA) is 79.1 Å². The predicted octanol–water partition coefficient (Wildman–Crippen LogP) is 1.27. The van der Waals surface area contributed by atoms with Gasteiger partial charge >= 0.3 is 5.97 Å². The smallest absolute Gasteiger partial charge is 0.354 e. The zero-order chi connectivity index (χ0) is 9.71. The summed E-state index contributed by atoms with van der Waals surface area (Å²) < 4.78 is 5.20. The number of nitrogens with one attached hydrogen (secondary N) is 1. The van der Waals surface area contributed by atoms with Crippen LogP contribution in [-0.2, 0) is 6.42 Å². The summed E-state index contributed by atoms with van der Waals surface area (Å²) in [5, 5.41) is 15.3. The Morgan fingerprint density at radius 2 is 2.50 bits per heavy atom. The van der Waals surface area contributed by atoms with Crippen LogP contribution in [0.3, 0.4) is 0 Å². The molecular formula is C9H6N2O3. The SMILES string of the molecule is O=C(O)c1[nH]nc2c1Cc1occc1-2. The largest absolute Gasteiger partial charge is 0.477 e. The average molecular weight is 190 g/mol. The van der Waals surface area contributed by atoms with E-state index in [1.54, 1.807) is 12.3 Å². The van der Waals surface area contributed by atoms with E-state index in [-0.39, 0.29) is 5.69 Å². The van der Waals surface area contributed by atoms with Gasteiger partial charge in [0.05, 0.1) is 6.26 Å². The lowest BCUT2D eigenvalue weighted by Crippen LogP contribution is -2.00. The number of H-pyrrole nitrogens is 1. The Bertz CT molecular complexity index is 524. The average Bonchev–Trinajstić information content (AvgIpc) is 2.70. The number of aromatic nitrogens is 2. The predicted molar refractivity (Wildman–Crippen MR) is 46.1 cm³/mol. The molecule has 0 aliphatic heterocycles. The summed E-state index contributed by atoms with van der Waals surface area (Å²) in [6.07, 6.45) is 2.10. The first kappa shape index (κ1) is 7.37. The molecule has 1 aliphatic rings. The molecule has 5 heteroatoms. The summed E-state index contributed by atoms with van der Waals surface area (Å²) in [6, 6.07) is 1.80. The number of carbonyl (C=O) groups is 1. The molecule has 0 amide bonds. The van der Waals surface area contributed by atoms with Gasteiger partial charge in [-0.1, -0.05) is 0 Å². The molecule has 0 aromatic carbocycles. The summed E-state index contributed by atoms with van der Waals surface area (Å²) in [4.78, 5) is 10.8. The molecule has 2 N–H and O–H groups in total. The van der Waals surface area contributed by atoms with E-state index < -0.39 is 5.97 Å². The van der Waals surface area contributed by atoms with Crippen molar-refractivity contribution in [1.29, 1.82) is 0 Å². The molecule has 3 rings (SSSR count). The third-order valence-corrected chi connectivity index (χ3v) is 2.42. The number of nitrogens with zero attached hydrogens (tertiary/aromatic N) is 1. The van der Waals surface area contributed by atoms with E-state index >= 15 is 0 Å². The normalized spacial score (nSPS) is 12.6. The van der Waals surface area contributed by atoms with Crippen molar-refractivity contribution in [2.45, 2.75) is 6.42 Å². The minimum absolute atomic E-state index is 0.159. The maximum Gasteiger partial charge on any atom is 0.354 e. The van der Waals surface area contributed by atoms with E-state index in [0.29, 0.717) is 17.7 Å². The molecule has 0 atom stereocenters. The number of carboxylic acids is 1. The Hall–Kier alpha value is -2.04. The Labute approximate surface area is 78.4 Å². The molecule has 70 valence electrons. The summed E-state index contributed by atoms with van der Waals surface area (Å²) in [7, 11) is 0. The fraction of sp³-hybridized carbons (Fsp3) is 0.111.